The van der Waals surface area contributed by atoms with E-state index in [0.29, 0.717) is 6.61 Å². The maximum Gasteiger partial charge on any atom is 0.340 e. The summed E-state index contributed by atoms with van der Waals surface area (Å²) in [5.41, 5.74) is 0.191. The van der Waals surface area contributed by atoms with Crippen molar-refractivity contribution in [2.24, 2.45) is 0 Å². The molecule has 1 unspecified atom stereocenters. The van der Waals surface area contributed by atoms with Gasteiger partial charge in [-0.3, -0.25) is 0 Å². The molecule has 116 valence electrons. The lowest BCUT2D eigenvalue weighted by Gasteiger charge is -2.21. The van der Waals surface area contributed by atoms with Gasteiger partial charge in [0.15, 0.2) is 5.60 Å². The van der Waals surface area contributed by atoms with Crippen LogP contribution in [0.4, 0.5) is 0 Å². The fraction of sp³-hybridized carbons (Fsp3) is 0.278. The molecule has 0 radical (unpaired) electrons. The van der Waals surface area contributed by atoms with Gasteiger partial charge in [0, 0.05) is 0 Å². The van der Waals surface area contributed by atoms with Crippen LogP contribution in [0.3, 0.4) is 0 Å². The summed E-state index contributed by atoms with van der Waals surface area (Å²) in [6, 6.07) is 18.9. The average molecular weight is 300 g/mol. The minimum atomic E-state index is -1.66. The molecule has 0 aliphatic heterocycles. The van der Waals surface area contributed by atoms with Crippen LogP contribution in [0.15, 0.2) is 60.7 Å². The number of hydrogen-bond donors (Lipinski definition) is 1. The normalized spacial score (nSPS) is 13.4. The van der Waals surface area contributed by atoms with Crippen LogP contribution < -0.4 is 0 Å². The SMILES string of the molecule is CC(O)(COCc1ccccc1)C(=O)OCc1ccccc1. The van der Waals surface area contributed by atoms with Gasteiger partial charge in [-0.1, -0.05) is 60.7 Å². The lowest BCUT2D eigenvalue weighted by Crippen LogP contribution is -2.41. The van der Waals surface area contributed by atoms with Gasteiger partial charge in [0.2, 0.25) is 0 Å². The van der Waals surface area contributed by atoms with E-state index in [4.69, 9.17) is 9.47 Å². The molecule has 2 aromatic carbocycles. The minimum absolute atomic E-state index is 0.116. The van der Waals surface area contributed by atoms with Crippen molar-refractivity contribution in [3.8, 4) is 0 Å². The number of ether oxygens (including phenoxy) is 2. The molecular formula is C18H20O4. The van der Waals surface area contributed by atoms with Crippen molar-refractivity contribution in [2.75, 3.05) is 6.61 Å². The molecule has 2 rings (SSSR count). The van der Waals surface area contributed by atoms with Crippen LogP contribution >= 0.6 is 0 Å². The molecule has 0 fully saturated rings. The molecule has 0 aliphatic carbocycles. The van der Waals surface area contributed by atoms with E-state index in [1.165, 1.54) is 6.92 Å². The number of hydrogen-bond acceptors (Lipinski definition) is 4. The van der Waals surface area contributed by atoms with E-state index in [0.717, 1.165) is 11.1 Å². The predicted molar refractivity (Wildman–Crippen MR) is 83.0 cm³/mol. The Balaban J connectivity index is 1.77. The first-order valence-electron chi connectivity index (χ1n) is 7.13. The van der Waals surface area contributed by atoms with Gasteiger partial charge in [0.05, 0.1) is 13.2 Å². The monoisotopic (exact) mass is 300 g/mol. The van der Waals surface area contributed by atoms with Gasteiger partial charge in [0.25, 0.3) is 0 Å². The van der Waals surface area contributed by atoms with E-state index in [9.17, 15) is 9.90 Å². The molecule has 2 aromatic rings. The zero-order valence-corrected chi connectivity index (χ0v) is 12.6. The third-order valence-electron chi connectivity index (χ3n) is 3.15. The lowest BCUT2D eigenvalue weighted by atomic mass is 10.1. The summed E-state index contributed by atoms with van der Waals surface area (Å²) in [6.07, 6.45) is 0. The van der Waals surface area contributed by atoms with Gasteiger partial charge < -0.3 is 14.6 Å². The summed E-state index contributed by atoms with van der Waals surface area (Å²) in [6.45, 7) is 1.75. The molecule has 0 aliphatic rings. The molecule has 4 nitrogen and oxygen atoms in total. The number of carbonyl (C=O) groups excluding carboxylic acids is 1. The Labute approximate surface area is 130 Å². The highest BCUT2D eigenvalue weighted by molar-refractivity contribution is 5.78. The molecule has 0 saturated heterocycles. The van der Waals surface area contributed by atoms with Crippen molar-refractivity contribution < 1.29 is 19.4 Å². The first-order valence-corrected chi connectivity index (χ1v) is 7.13. The highest BCUT2D eigenvalue weighted by Crippen LogP contribution is 2.11. The van der Waals surface area contributed by atoms with E-state index in [2.05, 4.69) is 0 Å². The van der Waals surface area contributed by atoms with Gasteiger partial charge >= 0.3 is 5.97 Å². The number of aliphatic hydroxyl groups is 1. The lowest BCUT2D eigenvalue weighted by molar-refractivity contribution is -0.171. The van der Waals surface area contributed by atoms with Crippen LogP contribution in [0.5, 0.6) is 0 Å². The van der Waals surface area contributed by atoms with E-state index >= 15 is 0 Å². The second-order valence-corrected chi connectivity index (χ2v) is 5.31. The second-order valence-electron chi connectivity index (χ2n) is 5.31. The Morgan fingerprint density at radius 2 is 1.45 bits per heavy atom. The Morgan fingerprint density at radius 1 is 0.955 bits per heavy atom. The Morgan fingerprint density at radius 3 is 2.00 bits per heavy atom. The summed E-state index contributed by atoms with van der Waals surface area (Å²) in [5, 5.41) is 10.1. The summed E-state index contributed by atoms with van der Waals surface area (Å²) in [4.78, 5) is 11.9. The van der Waals surface area contributed by atoms with Crippen LogP contribution in [0.2, 0.25) is 0 Å². The van der Waals surface area contributed by atoms with Crippen molar-refractivity contribution in [2.45, 2.75) is 25.7 Å². The molecule has 0 heterocycles. The molecule has 0 aromatic heterocycles. The number of benzene rings is 2. The summed E-state index contributed by atoms with van der Waals surface area (Å²) in [5.74, 6) is -0.690. The largest absolute Gasteiger partial charge is 0.459 e. The van der Waals surface area contributed by atoms with E-state index in [1.54, 1.807) is 0 Å². The van der Waals surface area contributed by atoms with Gasteiger partial charge in [0.1, 0.15) is 6.61 Å². The van der Waals surface area contributed by atoms with Gasteiger partial charge in [-0.25, -0.2) is 4.79 Å². The standard InChI is InChI=1S/C18H20O4/c1-18(20,14-21-12-15-8-4-2-5-9-15)17(19)22-13-16-10-6-3-7-11-16/h2-11,20H,12-14H2,1H3. The third kappa shape index (κ3) is 4.98. The van der Waals surface area contributed by atoms with Crippen molar-refractivity contribution >= 4 is 5.97 Å². The number of rotatable bonds is 7. The van der Waals surface area contributed by atoms with Crippen LogP contribution in [0.25, 0.3) is 0 Å². The molecule has 1 atom stereocenters. The Kier molecular flexibility index (Phi) is 5.69. The maximum atomic E-state index is 11.9. The number of esters is 1. The molecule has 22 heavy (non-hydrogen) atoms. The fourth-order valence-corrected chi connectivity index (χ4v) is 1.88. The highest BCUT2D eigenvalue weighted by Gasteiger charge is 2.32. The molecule has 0 amide bonds. The van der Waals surface area contributed by atoms with Gasteiger partial charge in [-0.2, -0.15) is 0 Å². The molecular weight excluding hydrogens is 280 g/mol. The third-order valence-corrected chi connectivity index (χ3v) is 3.15. The first kappa shape index (κ1) is 16.2. The van der Waals surface area contributed by atoms with Crippen molar-refractivity contribution in [1.29, 1.82) is 0 Å². The van der Waals surface area contributed by atoms with E-state index in [-0.39, 0.29) is 13.2 Å². The predicted octanol–water partition coefficient (Wildman–Crippen LogP) is 2.70. The zero-order valence-electron chi connectivity index (χ0n) is 12.6. The van der Waals surface area contributed by atoms with Crippen LogP contribution in [-0.4, -0.2) is 23.3 Å². The maximum absolute atomic E-state index is 11.9. The summed E-state index contributed by atoms with van der Waals surface area (Å²) >= 11 is 0. The topological polar surface area (TPSA) is 55.8 Å². The molecule has 4 heteroatoms. The van der Waals surface area contributed by atoms with Gasteiger partial charge in [-0.05, 0) is 18.1 Å². The average Bonchev–Trinajstić information content (AvgIpc) is 2.54. The van der Waals surface area contributed by atoms with Crippen molar-refractivity contribution in [1.82, 2.24) is 0 Å². The first-order chi connectivity index (χ1) is 10.6. The zero-order chi connectivity index (χ0) is 15.8. The smallest absolute Gasteiger partial charge is 0.340 e. The number of carbonyl (C=O) groups is 1. The highest BCUT2D eigenvalue weighted by atomic mass is 16.6. The molecule has 0 saturated carbocycles. The minimum Gasteiger partial charge on any atom is -0.459 e. The van der Waals surface area contributed by atoms with Crippen molar-refractivity contribution in [3.63, 3.8) is 0 Å². The Bertz CT molecular complexity index is 579. The van der Waals surface area contributed by atoms with Crippen LogP contribution in [0.1, 0.15) is 18.1 Å². The fourth-order valence-electron chi connectivity index (χ4n) is 1.88. The second kappa shape index (κ2) is 7.73. The quantitative estimate of drug-likeness (QED) is 0.799. The molecule has 0 spiro atoms. The van der Waals surface area contributed by atoms with Gasteiger partial charge in [-0.15, -0.1) is 0 Å². The summed E-state index contributed by atoms with van der Waals surface area (Å²) in [7, 11) is 0. The summed E-state index contributed by atoms with van der Waals surface area (Å²) < 4.78 is 10.5. The van der Waals surface area contributed by atoms with E-state index in [1.807, 2.05) is 60.7 Å². The van der Waals surface area contributed by atoms with Crippen LogP contribution in [-0.2, 0) is 27.5 Å². The molecule has 1 N–H and O–H groups in total. The molecule has 0 bridgehead atoms. The van der Waals surface area contributed by atoms with E-state index < -0.39 is 11.6 Å². The van der Waals surface area contributed by atoms with Crippen molar-refractivity contribution in [3.05, 3.63) is 71.8 Å². The van der Waals surface area contributed by atoms with Crippen LogP contribution in [0, 0.1) is 0 Å². The Hall–Kier alpha value is -2.17.